The van der Waals surface area contributed by atoms with Crippen LogP contribution in [0.25, 0.3) is 0 Å². The maximum Gasteiger partial charge on any atom is 0.403 e. The SMILES string of the molecule is CN1CCN(c2nccn2S(=O)(=O)N(C)C)CC1.COC(=O)Cl.COC(=O)c1cn(S(=O)(=O)N(C)C)c(N2CCN(C)CC2)n1. The third kappa shape index (κ3) is 9.99. The van der Waals surface area contributed by atoms with Gasteiger partial charge in [-0.05, 0) is 14.1 Å². The topological polar surface area (TPSA) is 176 Å². The zero-order valence-electron chi connectivity index (χ0n) is 26.8. The zero-order valence-corrected chi connectivity index (χ0v) is 29.2. The largest absolute Gasteiger partial charge is 0.464 e. The average Bonchev–Trinajstić information content (AvgIpc) is 3.67. The average molecular weight is 699 g/mol. The number of aromatic nitrogens is 4. The van der Waals surface area contributed by atoms with Crippen LogP contribution in [0.15, 0.2) is 18.6 Å². The summed E-state index contributed by atoms with van der Waals surface area (Å²) < 4.78 is 62.2. The highest BCUT2D eigenvalue weighted by atomic mass is 35.5. The number of ether oxygens (including phenoxy) is 2. The molecule has 0 aromatic carbocycles. The number of carbonyl (C=O) groups is 2. The molecular weight excluding hydrogens is 656 g/mol. The van der Waals surface area contributed by atoms with Crippen LogP contribution in [0.2, 0.25) is 0 Å². The summed E-state index contributed by atoms with van der Waals surface area (Å²) in [5.74, 6) is 0.0714. The van der Waals surface area contributed by atoms with Gasteiger partial charge in [0.1, 0.15) is 0 Å². The summed E-state index contributed by atoms with van der Waals surface area (Å²) in [5, 5.41) is 0. The van der Waals surface area contributed by atoms with E-state index in [1.165, 1.54) is 69.3 Å². The lowest BCUT2D eigenvalue weighted by atomic mass is 10.3. The molecule has 256 valence electrons. The smallest absolute Gasteiger partial charge is 0.403 e. The van der Waals surface area contributed by atoms with Crippen molar-refractivity contribution >= 4 is 55.3 Å². The Morgan fingerprint density at radius 1 is 0.756 bits per heavy atom. The highest BCUT2D eigenvalue weighted by Gasteiger charge is 2.29. The van der Waals surface area contributed by atoms with Gasteiger partial charge in [0.25, 0.3) is 0 Å². The van der Waals surface area contributed by atoms with Crippen LogP contribution < -0.4 is 9.80 Å². The molecule has 2 aromatic rings. The minimum atomic E-state index is -3.77. The molecule has 0 N–H and O–H groups in total. The molecule has 45 heavy (non-hydrogen) atoms. The summed E-state index contributed by atoms with van der Waals surface area (Å²) in [6, 6.07) is 0. The van der Waals surface area contributed by atoms with E-state index in [0.29, 0.717) is 19.0 Å². The first-order chi connectivity index (χ1) is 21.0. The van der Waals surface area contributed by atoms with Crippen molar-refractivity contribution in [3.63, 3.8) is 0 Å². The van der Waals surface area contributed by atoms with Gasteiger partial charge < -0.3 is 29.1 Å². The molecule has 0 amide bonds. The predicted octanol–water partition coefficient (Wildman–Crippen LogP) is -0.643. The van der Waals surface area contributed by atoms with Crippen molar-refractivity contribution < 1.29 is 35.9 Å². The van der Waals surface area contributed by atoms with Crippen LogP contribution in [-0.4, -0.2) is 173 Å². The number of carbonyl (C=O) groups excluding carboxylic acids is 2. The molecule has 0 radical (unpaired) electrons. The molecule has 2 saturated heterocycles. The Morgan fingerprint density at radius 2 is 1.18 bits per heavy atom. The van der Waals surface area contributed by atoms with Gasteiger partial charge in [0.2, 0.25) is 11.9 Å². The van der Waals surface area contributed by atoms with Crippen molar-refractivity contribution in [1.29, 1.82) is 0 Å². The number of piperazine rings is 2. The summed E-state index contributed by atoms with van der Waals surface area (Å²) in [6.45, 7) is 6.26. The summed E-state index contributed by atoms with van der Waals surface area (Å²) in [5.41, 5.74) is -0.799. The third-order valence-corrected chi connectivity index (χ3v) is 10.3. The zero-order chi connectivity index (χ0) is 34.1. The van der Waals surface area contributed by atoms with Crippen LogP contribution in [0.3, 0.4) is 0 Å². The summed E-state index contributed by atoms with van der Waals surface area (Å²) in [7, 11) is 5.14. The first-order valence-electron chi connectivity index (χ1n) is 13.6. The lowest BCUT2D eigenvalue weighted by molar-refractivity contribution is 0.0594. The second-order valence-electron chi connectivity index (χ2n) is 10.3. The van der Waals surface area contributed by atoms with Gasteiger partial charge >= 0.3 is 31.8 Å². The van der Waals surface area contributed by atoms with Gasteiger partial charge in [-0.15, -0.1) is 0 Å². The van der Waals surface area contributed by atoms with Gasteiger partial charge in [-0.3, -0.25) is 0 Å². The molecule has 0 unspecified atom stereocenters. The molecule has 2 fully saturated rings. The van der Waals surface area contributed by atoms with E-state index in [0.717, 1.165) is 47.5 Å². The lowest BCUT2D eigenvalue weighted by Crippen LogP contribution is -2.46. The fourth-order valence-electron chi connectivity index (χ4n) is 3.99. The number of imidazole rings is 2. The van der Waals surface area contributed by atoms with Crippen molar-refractivity contribution in [2.24, 2.45) is 0 Å². The second kappa shape index (κ2) is 16.5. The van der Waals surface area contributed by atoms with E-state index < -0.39 is 31.8 Å². The van der Waals surface area contributed by atoms with Gasteiger partial charge in [-0.1, -0.05) is 0 Å². The maximum atomic E-state index is 12.4. The Labute approximate surface area is 270 Å². The Balaban J connectivity index is 0.000000277. The Hall–Kier alpha value is -3.01. The van der Waals surface area contributed by atoms with Crippen LogP contribution in [0, 0.1) is 0 Å². The lowest BCUT2D eigenvalue weighted by Gasteiger charge is -2.33. The molecule has 2 aliphatic rings. The standard InChI is InChI=1S/C12H21N5O4S.C10H19N5O2S.C2H3ClO2/c1-14(2)22(19,20)17-9-10(11(18)21-4)13-12(17)16-7-5-15(3)6-8-16;1-12(2)18(16,17)15-5-4-11-10(15)14-8-6-13(3)7-9-14;1-5-2(3)4/h9H,5-8H2,1-4H3;4-5H,6-9H2,1-3H3;1H3. The van der Waals surface area contributed by atoms with Crippen LogP contribution in [0.5, 0.6) is 0 Å². The van der Waals surface area contributed by atoms with E-state index in [4.69, 9.17) is 0 Å². The first kappa shape index (κ1) is 38.2. The number of hydrogen-bond acceptors (Lipinski definition) is 14. The summed E-state index contributed by atoms with van der Waals surface area (Å²) >= 11 is 4.60. The number of rotatable bonds is 7. The van der Waals surface area contributed by atoms with Gasteiger partial charge in [0.05, 0.1) is 20.4 Å². The number of nitrogens with zero attached hydrogens (tertiary/aromatic N) is 10. The molecule has 0 spiro atoms. The number of methoxy groups -OCH3 is 2. The van der Waals surface area contributed by atoms with Gasteiger partial charge in [0.15, 0.2) is 5.69 Å². The van der Waals surface area contributed by atoms with E-state index >= 15 is 0 Å². The van der Waals surface area contributed by atoms with E-state index in [-0.39, 0.29) is 11.6 Å². The van der Waals surface area contributed by atoms with Gasteiger partial charge in [-0.25, -0.2) is 19.6 Å². The molecule has 2 aromatic heterocycles. The molecular formula is C24H43ClN10O8S2. The third-order valence-electron chi connectivity index (χ3n) is 6.79. The predicted molar refractivity (Wildman–Crippen MR) is 169 cm³/mol. The van der Waals surface area contributed by atoms with Crippen molar-refractivity contribution in [1.82, 2.24) is 36.3 Å². The molecule has 0 saturated carbocycles. The second-order valence-corrected chi connectivity index (χ2v) is 14.7. The minimum absolute atomic E-state index is 0.0261. The highest BCUT2D eigenvalue weighted by molar-refractivity contribution is 7.87. The molecule has 0 bridgehead atoms. The van der Waals surface area contributed by atoms with Crippen molar-refractivity contribution in [2.75, 3.05) is 119 Å². The number of likely N-dealkylation sites (N-methyl/N-ethyl adjacent to an activating group) is 2. The summed E-state index contributed by atoms with van der Waals surface area (Å²) in [4.78, 5) is 37.6. The maximum absolute atomic E-state index is 12.4. The highest BCUT2D eigenvalue weighted by Crippen LogP contribution is 2.21. The van der Waals surface area contributed by atoms with E-state index in [2.05, 4.69) is 47.9 Å². The molecule has 0 atom stereocenters. The molecule has 4 rings (SSSR count). The Morgan fingerprint density at radius 3 is 1.58 bits per heavy atom. The molecule has 18 nitrogen and oxygen atoms in total. The minimum Gasteiger partial charge on any atom is -0.464 e. The van der Waals surface area contributed by atoms with Crippen molar-refractivity contribution in [3.8, 4) is 0 Å². The van der Waals surface area contributed by atoms with Crippen molar-refractivity contribution in [3.05, 3.63) is 24.3 Å². The van der Waals surface area contributed by atoms with Crippen molar-refractivity contribution in [2.45, 2.75) is 0 Å². The molecule has 2 aliphatic heterocycles. The quantitative estimate of drug-likeness (QED) is 0.264. The van der Waals surface area contributed by atoms with Crippen LogP contribution in [-0.2, 0) is 29.9 Å². The van der Waals surface area contributed by atoms with Gasteiger partial charge in [-0.2, -0.15) is 33.4 Å². The number of anilines is 2. The van der Waals surface area contributed by atoms with Crippen LogP contribution in [0.4, 0.5) is 16.7 Å². The van der Waals surface area contributed by atoms with Crippen LogP contribution >= 0.6 is 11.6 Å². The van der Waals surface area contributed by atoms with Gasteiger partial charge in [0, 0.05) is 105 Å². The monoisotopic (exact) mass is 698 g/mol. The first-order valence-corrected chi connectivity index (χ1v) is 16.8. The van der Waals surface area contributed by atoms with Crippen LogP contribution in [0.1, 0.15) is 10.5 Å². The molecule has 4 heterocycles. The Kier molecular flexibility index (Phi) is 14.0. The molecule has 0 aliphatic carbocycles. The Bertz CT molecular complexity index is 1480. The number of esters is 1. The van der Waals surface area contributed by atoms with E-state index in [1.807, 2.05) is 16.8 Å². The fraction of sp³-hybridized carbons (Fsp3) is 0.667. The normalized spacial score (nSPS) is 16.5. The number of hydrogen-bond donors (Lipinski definition) is 0. The molecule has 21 heteroatoms. The fourth-order valence-corrected chi connectivity index (χ4v) is 5.86. The van der Waals surface area contributed by atoms with E-state index in [9.17, 15) is 26.4 Å². The van der Waals surface area contributed by atoms with E-state index in [1.54, 1.807) is 0 Å². The summed E-state index contributed by atoms with van der Waals surface area (Å²) in [6.07, 6.45) is 4.21. The number of halogens is 1.